The van der Waals surface area contributed by atoms with Gasteiger partial charge in [-0.05, 0) is 36.8 Å². The van der Waals surface area contributed by atoms with Crippen LogP contribution in [0.3, 0.4) is 0 Å². The van der Waals surface area contributed by atoms with Crippen molar-refractivity contribution in [3.05, 3.63) is 59.8 Å². The molecule has 8 heteroatoms. The molecule has 0 bridgehead atoms. The van der Waals surface area contributed by atoms with Crippen molar-refractivity contribution in [3.8, 4) is 0 Å². The molecule has 3 N–H and O–H groups in total. The van der Waals surface area contributed by atoms with Crippen molar-refractivity contribution in [2.24, 2.45) is 4.99 Å². The second kappa shape index (κ2) is 11.7. The molecule has 1 heterocycles. The molecule has 0 unspecified atom stereocenters. The van der Waals surface area contributed by atoms with Gasteiger partial charge in [0.1, 0.15) is 18.1 Å². The number of rotatable bonds is 8. The van der Waals surface area contributed by atoms with Crippen LogP contribution in [0, 0.1) is 5.82 Å². The van der Waals surface area contributed by atoms with E-state index in [-0.39, 0.29) is 47.7 Å². The van der Waals surface area contributed by atoms with Gasteiger partial charge in [0.25, 0.3) is 0 Å². The molecule has 0 fully saturated rings. The van der Waals surface area contributed by atoms with E-state index in [2.05, 4.69) is 20.9 Å². The first-order valence-corrected chi connectivity index (χ1v) is 8.98. The molecule has 0 spiro atoms. The molecular formula is C20H28FIN4O2. The second-order valence-corrected chi connectivity index (χ2v) is 6.80. The summed E-state index contributed by atoms with van der Waals surface area (Å²) >= 11 is 0. The lowest BCUT2D eigenvalue weighted by molar-refractivity contribution is -0.119. The summed E-state index contributed by atoms with van der Waals surface area (Å²) in [5.41, 5.74) is 0.585. The number of carbonyl (C=O) groups excluding carboxylic acids is 1. The molecule has 0 aliphatic rings. The molecule has 0 saturated carbocycles. The predicted octanol–water partition coefficient (Wildman–Crippen LogP) is 3.19. The van der Waals surface area contributed by atoms with Gasteiger partial charge in [-0.15, -0.1) is 24.0 Å². The van der Waals surface area contributed by atoms with Gasteiger partial charge in [-0.2, -0.15) is 0 Å². The van der Waals surface area contributed by atoms with Crippen LogP contribution in [0.1, 0.15) is 32.1 Å². The third kappa shape index (κ3) is 7.87. The maximum absolute atomic E-state index is 13.5. The van der Waals surface area contributed by atoms with Gasteiger partial charge in [0.05, 0.1) is 12.8 Å². The van der Waals surface area contributed by atoms with Crippen molar-refractivity contribution in [1.82, 2.24) is 16.0 Å². The Morgan fingerprint density at radius 3 is 2.61 bits per heavy atom. The maximum atomic E-state index is 13.5. The maximum Gasteiger partial charge on any atom is 0.242 e. The van der Waals surface area contributed by atoms with Gasteiger partial charge in [0, 0.05) is 18.5 Å². The molecule has 2 rings (SSSR count). The molecule has 0 radical (unpaired) electrons. The third-order valence-electron chi connectivity index (χ3n) is 4.07. The number of nitrogens with one attached hydrogen (secondary N) is 3. The fourth-order valence-electron chi connectivity index (χ4n) is 2.46. The summed E-state index contributed by atoms with van der Waals surface area (Å²) in [5.74, 6) is 0.770. The van der Waals surface area contributed by atoms with E-state index in [4.69, 9.17) is 4.42 Å². The molecule has 2 aromatic rings. The van der Waals surface area contributed by atoms with Crippen LogP contribution in [0.5, 0.6) is 0 Å². The van der Waals surface area contributed by atoms with Gasteiger partial charge in [-0.3, -0.25) is 4.79 Å². The second-order valence-electron chi connectivity index (χ2n) is 6.80. The van der Waals surface area contributed by atoms with Crippen LogP contribution in [-0.4, -0.2) is 31.5 Å². The smallest absolute Gasteiger partial charge is 0.242 e. The van der Waals surface area contributed by atoms with Gasteiger partial charge in [-0.1, -0.05) is 26.0 Å². The summed E-state index contributed by atoms with van der Waals surface area (Å²) in [6, 6.07) is 10.1. The van der Waals surface area contributed by atoms with E-state index in [1.54, 1.807) is 24.5 Å². The molecule has 0 saturated heterocycles. The van der Waals surface area contributed by atoms with Crippen LogP contribution >= 0.6 is 24.0 Å². The molecular weight excluding hydrogens is 474 g/mol. The minimum absolute atomic E-state index is 0. The summed E-state index contributed by atoms with van der Waals surface area (Å²) in [5, 5.41) is 9.08. The largest absolute Gasteiger partial charge is 0.467 e. The number of aliphatic imine (C=N–C) groups is 1. The van der Waals surface area contributed by atoms with E-state index >= 15 is 0 Å². The minimum Gasteiger partial charge on any atom is -0.467 e. The summed E-state index contributed by atoms with van der Waals surface area (Å²) < 4.78 is 18.7. The molecule has 0 atom stereocenters. The molecule has 1 aromatic heterocycles. The lowest BCUT2D eigenvalue weighted by Crippen LogP contribution is -2.44. The van der Waals surface area contributed by atoms with Gasteiger partial charge < -0.3 is 20.4 Å². The minimum atomic E-state index is -0.306. The number of halogens is 2. The van der Waals surface area contributed by atoms with E-state index in [9.17, 15) is 9.18 Å². The Morgan fingerprint density at radius 2 is 1.96 bits per heavy atom. The van der Waals surface area contributed by atoms with E-state index in [1.807, 2.05) is 26.8 Å². The topological polar surface area (TPSA) is 78.7 Å². The number of amides is 1. The first-order chi connectivity index (χ1) is 12.9. The van der Waals surface area contributed by atoms with Crippen LogP contribution in [0.2, 0.25) is 0 Å². The fraction of sp³-hybridized carbons (Fsp3) is 0.400. The first-order valence-electron chi connectivity index (χ1n) is 8.98. The van der Waals surface area contributed by atoms with Gasteiger partial charge >= 0.3 is 0 Å². The first kappa shape index (κ1) is 23.9. The Balaban J connectivity index is 0.00000392. The zero-order chi connectivity index (χ0) is 19.7. The molecule has 0 aliphatic carbocycles. The number of hydrogen-bond donors (Lipinski definition) is 3. The fourth-order valence-corrected chi connectivity index (χ4v) is 2.46. The zero-order valence-corrected chi connectivity index (χ0v) is 18.8. The van der Waals surface area contributed by atoms with Crippen molar-refractivity contribution >= 4 is 35.8 Å². The Kier molecular flexibility index (Phi) is 9.98. The Labute approximate surface area is 182 Å². The van der Waals surface area contributed by atoms with E-state index in [1.165, 1.54) is 12.1 Å². The molecule has 0 aliphatic heterocycles. The van der Waals surface area contributed by atoms with Crippen molar-refractivity contribution in [2.45, 2.75) is 32.7 Å². The van der Waals surface area contributed by atoms with E-state index in [0.29, 0.717) is 31.4 Å². The highest BCUT2D eigenvalue weighted by Crippen LogP contribution is 2.22. The normalized spacial score (nSPS) is 11.5. The third-order valence-corrected chi connectivity index (χ3v) is 4.07. The summed E-state index contributed by atoms with van der Waals surface area (Å²) in [6.45, 7) is 7.53. The van der Waals surface area contributed by atoms with Gasteiger partial charge in [0.2, 0.25) is 5.91 Å². The lowest BCUT2D eigenvalue weighted by atomic mass is 9.84. The molecule has 6 nitrogen and oxygen atoms in total. The van der Waals surface area contributed by atoms with E-state index < -0.39 is 0 Å². The number of nitrogens with zero attached hydrogens (tertiary/aromatic N) is 1. The number of hydrogen-bond acceptors (Lipinski definition) is 3. The predicted molar refractivity (Wildman–Crippen MR) is 119 cm³/mol. The average Bonchev–Trinajstić information content (AvgIpc) is 3.16. The number of carbonyl (C=O) groups is 1. The standard InChI is InChI=1S/C20H27FN4O2.HI/c1-4-22-19(24-13-18(26)23-12-17-9-6-10-27-17)25-14-20(2,3)15-7-5-8-16(21)11-15;/h5-11H,4,12-14H2,1-3H3,(H,23,26)(H2,22,24,25);1H. The number of benzene rings is 1. The van der Waals surface area contributed by atoms with Crippen LogP contribution in [-0.2, 0) is 16.8 Å². The highest BCUT2D eigenvalue weighted by atomic mass is 127. The van der Waals surface area contributed by atoms with Crippen molar-refractivity contribution < 1.29 is 13.6 Å². The average molecular weight is 502 g/mol. The van der Waals surface area contributed by atoms with Crippen molar-refractivity contribution in [3.63, 3.8) is 0 Å². The molecule has 154 valence electrons. The van der Waals surface area contributed by atoms with Crippen LogP contribution in [0.4, 0.5) is 4.39 Å². The van der Waals surface area contributed by atoms with E-state index in [0.717, 1.165) is 5.56 Å². The molecule has 28 heavy (non-hydrogen) atoms. The Hall–Kier alpha value is -2.10. The van der Waals surface area contributed by atoms with Crippen LogP contribution < -0.4 is 16.0 Å². The van der Waals surface area contributed by atoms with Crippen molar-refractivity contribution in [2.75, 3.05) is 19.6 Å². The van der Waals surface area contributed by atoms with Gasteiger partial charge in [-0.25, -0.2) is 9.38 Å². The lowest BCUT2D eigenvalue weighted by Gasteiger charge is -2.26. The molecule has 1 amide bonds. The molecule has 1 aromatic carbocycles. The summed E-state index contributed by atoms with van der Waals surface area (Å²) in [6.07, 6.45) is 1.56. The quantitative estimate of drug-likeness (QED) is 0.295. The zero-order valence-electron chi connectivity index (χ0n) is 16.4. The Bertz CT molecular complexity index is 763. The monoisotopic (exact) mass is 502 g/mol. The number of furan rings is 1. The summed E-state index contributed by atoms with van der Waals surface area (Å²) in [4.78, 5) is 16.3. The number of guanidine groups is 1. The van der Waals surface area contributed by atoms with Crippen LogP contribution in [0.15, 0.2) is 52.1 Å². The van der Waals surface area contributed by atoms with Gasteiger partial charge in [0.15, 0.2) is 5.96 Å². The Morgan fingerprint density at radius 1 is 1.18 bits per heavy atom. The highest BCUT2D eigenvalue weighted by molar-refractivity contribution is 14.0. The van der Waals surface area contributed by atoms with Crippen molar-refractivity contribution in [1.29, 1.82) is 0 Å². The summed E-state index contributed by atoms with van der Waals surface area (Å²) in [7, 11) is 0. The van der Waals surface area contributed by atoms with Crippen LogP contribution in [0.25, 0.3) is 0 Å². The highest BCUT2D eigenvalue weighted by Gasteiger charge is 2.21. The SMILES string of the molecule is CCNC(=NCC(=O)NCc1ccco1)NCC(C)(C)c1cccc(F)c1.I.